The summed E-state index contributed by atoms with van der Waals surface area (Å²) in [7, 11) is 0. The molecule has 4 rings (SSSR count). The highest BCUT2D eigenvalue weighted by Gasteiger charge is 2.48. The normalized spacial score (nSPS) is 17.0. The Bertz CT molecular complexity index is 1290. The van der Waals surface area contributed by atoms with Gasteiger partial charge in [0.1, 0.15) is 22.9 Å². The molecule has 0 saturated carbocycles. The van der Waals surface area contributed by atoms with E-state index in [1.165, 1.54) is 40.1 Å². The summed E-state index contributed by atoms with van der Waals surface area (Å²) in [6, 6.07) is 11.6. The van der Waals surface area contributed by atoms with Crippen LogP contribution in [-0.4, -0.2) is 44.3 Å². The summed E-state index contributed by atoms with van der Waals surface area (Å²) >= 11 is 0. The Morgan fingerprint density at radius 3 is 2.44 bits per heavy atom. The third kappa shape index (κ3) is 4.98. The average Bonchev–Trinajstić information content (AvgIpc) is 3.28. The number of aromatic nitrogens is 2. The Morgan fingerprint density at radius 2 is 1.75 bits per heavy atom. The quantitative estimate of drug-likeness (QED) is 0.502. The van der Waals surface area contributed by atoms with Gasteiger partial charge < -0.3 is 20.1 Å². The summed E-state index contributed by atoms with van der Waals surface area (Å²) in [6.45, 7) is 4.21. The lowest BCUT2D eigenvalue weighted by molar-refractivity contribution is -0.133. The van der Waals surface area contributed by atoms with Crippen LogP contribution in [0, 0.1) is 11.6 Å². The zero-order valence-corrected chi connectivity index (χ0v) is 20.1. The molecule has 188 valence electrons. The zero-order valence-electron chi connectivity index (χ0n) is 20.1. The molecule has 1 aliphatic rings. The smallest absolute Gasteiger partial charge is 0.273 e. The van der Waals surface area contributed by atoms with Crippen LogP contribution in [0.2, 0.25) is 0 Å². The molecule has 0 unspecified atom stereocenters. The summed E-state index contributed by atoms with van der Waals surface area (Å²) in [5.41, 5.74) is 0.116. The van der Waals surface area contributed by atoms with E-state index in [0.717, 1.165) is 5.56 Å². The van der Waals surface area contributed by atoms with Crippen LogP contribution < -0.4 is 10.6 Å². The van der Waals surface area contributed by atoms with Gasteiger partial charge in [0.2, 0.25) is 5.91 Å². The second-order valence-corrected chi connectivity index (χ2v) is 8.92. The molecule has 0 bridgehead atoms. The Morgan fingerprint density at radius 1 is 1.03 bits per heavy atom. The zero-order chi connectivity index (χ0) is 25.9. The molecular formula is C26H27F2N5O3. The molecule has 3 aromatic rings. The van der Waals surface area contributed by atoms with E-state index >= 15 is 0 Å². The third-order valence-corrected chi connectivity index (χ3v) is 6.22. The van der Waals surface area contributed by atoms with Crippen molar-refractivity contribution < 1.29 is 23.2 Å². The fourth-order valence-electron chi connectivity index (χ4n) is 4.32. The van der Waals surface area contributed by atoms with E-state index in [1.54, 1.807) is 31.2 Å². The molecule has 10 heteroatoms. The van der Waals surface area contributed by atoms with Crippen molar-refractivity contribution in [3.8, 4) is 0 Å². The van der Waals surface area contributed by atoms with E-state index in [1.807, 2.05) is 6.92 Å². The number of nitrogens with zero attached hydrogens (tertiary/aromatic N) is 3. The minimum absolute atomic E-state index is 0.0497. The number of halogens is 2. The van der Waals surface area contributed by atoms with Gasteiger partial charge >= 0.3 is 0 Å². The van der Waals surface area contributed by atoms with Crippen LogP contribution in [-0.2, 0) is 24.4 Å². The molecule has 1 atom stereocenters. The van der Waals surface area contributed by atoms with Crippen LogP contribution in [0.25, 0.3) is 0 Å². The molecule has 3 amide bonds. The Labute approximate surface area is 207 Å². The highest BCUT2D eigenvalue weighted by molar-refractivity contribution is 6.07. The second-order valence-electron chi connectivity index (χ2n) is 8.92. The molecule has 1 aliphatic heterocycles. The highest BCUT2D eigenvalue weighted by Crippen LogP contribution is 2.29. The van der Waals surface area contributed by atoms with Crippen LogP contribution in [0.5, 0.6) is 0 Å². The number of nitrogens with one attached hydrogen (secondary N) is 2. The van der Waals surface area contributed by atoms with Crippen molar-refractivity contribution in [2.24, 2.45) is 0 Å². The van der Waals surface area contributed by atoms with Gasteiger partial charge in [0.15, 0.2) is 5.69 Å². The topological polar surface area (TPSA) is 96.3 Å². The van der Waals surface area contributed by atoms with E-state index in [4.69, 9.17) is 0 Å². The van der Waals surface area contributed by atoms with Gasteiger partial charge in [-0.15, -0.1) is 0 Å². The lowest BCUT2D eigenvalue weighted by atomic mass is 9.94. The molecule has 0 saturated heterocycles. The van der Waals surface area contributed by atoms with E-state index in [0.29, 0.717) is 18.5 Å². The van der Waals surface area contributed by atoms with Crippen molar-refractivity contribution in [1.82, 2.24) is 25.1 Å². The van der Waals surface area contributed by atoms with Gasteiger partial charge in [0.05, 0.1) is 12.9 Å². The minimum Gasteiger partial charge on any atom is -0.350 e. The first kappa shape index (κ1) is 25.0. The van der Waals surface area contributed by atoms with Gasteiger partial charge in [0.25, 0.3) is 11.8 Å². The fourth-order valence-corrected chi connectivity index (χ4v) is 4.32. The van der Waals surface area contributed by atoms with E-state index in [2.05, 4.69) is 15.6 Å². The van der Waals surface area contributed by atoms with Crippen LogP contribution in [0.15, 0.2) is 54.9 Å². The number of benzene rings is 2. The molecule has 36 heavy (non-hydrogen) atoms. The van der Waals surface area contributed by atoms with Crippen LogP contribution >= 0.6 is 0 Å². The van der Waals surface area contributed by atoms with Crippen molar-refractivity contribution in [1.29, 1.82) is 0 Å². The number of fused-ring (bicyclic) bond motifs is 1. The van der Waals surface area contributed by atoms with E-state index < -0.39 is 23.2 Å². The Kier molecular flexibility index (Phi) is 7.14. The summed E-state index contributed by atoms with van der Waals surface area (Å²) < 4.78 is 28.1. The Hall–Kier alpha value is -4.08. The molecule has 1 aromatic heterocycles. The van der Waals surface area contributed by atoms with Gasteiger partial charge in [-0.2, -0.15) is 0 Å². The molecule has 0 aliphatic carbocycles. The van der Waals surface area contributed by atoms with Gasteiger partial charge in [-0.05, 0) is 48.7 Å². The Balaban J connectivity index is 1.53. The summed E-state index contributed by atoms with van der Waals surface area (Å²) in [6.07, 6.45) is 1.97. The van der Waals surface area contributed by atoms with Gasteiger partial charge in [-0.25, -0.2) is 13.8 Å². The van der Waals surface area contributed by atoms with Gasteiger partial charge in [-0.3, -0.25) is 14.4 Å². The first-order valence-electron chi connectivity index (χ1n) is 11.7. The average molecular weight is 496 g/mol. The molecule has 0 fully saturated rings. The maximum atomic E-state index is 13.6. The van der Waals surface area contributed by atoms with Crippen molar-refractivity contribution in [3.05, 3.63) is 89.0 Å². The van der Waals surface area contributed by atoms with Crippen LogP contribution in [0.4, 0.5) is 8.78 Å². The van der Waals surface area contributed by atoms with Gasteiger partial charge in [-0.1, -0.05) is 31.2 Å². The van der Waals surface area contributed by atoms with Crippen molar-refractivity contribution >= 4 is 17.7 Å². The third-order valence-electron chi connectivity index (χ3n) is 6.22. The molecule has 2 aromatic carbocycles. The predicted octanol–water partition coefficient (Wildman–Crippen LogP) is 3.03. The molecule has 0 spiro atoms. The number of hydrogen-bond donors (Lipinski definition) is 2. The van der Waals surface area contributed by atoms with Crippen molar-refractivity contribution in [3.63, 3.8) is 0 Å². The van der Waals surface area contributed by atoms with E-state index in [9.17, 15) is 23.2 Å². The predicted molar refractivity (Wildman–Crippen MR) is 128 cm³/mol. The highest BCUT2D eigenvalue weighted by atomic mass is 19.1. The first-order chi connectivity index (χ1) is 17.2. The summed E-state index contributed by atoms with van der Waals surface area (Å²) in [5.74, 6) is -2.20. The molecule has 0 radical (unpaired) electrons. The molecule has 2 heterocycles. The van der Waals surface area contributed by atoms with Gasteiger partial charge in [0, 0.05) is 19.6 Å². The second kappa shape index (κ2) is 10.3. The van der Waals surface area contributed by atoms with Crippen molar-refractivity contribution in [2.75, 3.05) is 6.54 Å². The monoisotopic (exact) mass is 495 g/mol. The number of imidazole rings is 1. The number of amides is 3. The number of carbonyl (C=O) groups excluding carboxylic acids is 3. The largest absolute Gasteiger partial charge is 0.350 e. The number of carbonyl (C=O) groups is 3. The minimum atomic E-state index is -1.23. The number of rotatable bonds is 8. The summed E-state index contributed by atoms with van der Waals surface area (Å²) in [4.78, 5) is 45.4. The maximum absolute atomic E-state index is 13.6. The maximum Gasteiger partial charge on any atom is 0.273 e. The molecular weight excluding hydrogens is 468 g/mol. The van der Waals surface area contributed by atoms with E-state index in [-0.39, 0.29) is 42.7 Å². The molecule has 2 N–H and O–H groups in total. The fraction of sp³-hybridized carbons (Fsp3) is 0.308. The molecule has 8 nitrogen and oxygen atoms in total. The SMILES string of the molecule is CCCN1C(=O)c2c(C(=O)NCc3cccc(F)c3)ncn2C[C@@]1(C)C(=O)NCc1ccc(F)cc1. The lowest BCUT2D eigenvalue weighted by Gasteiger charge is -2.43. The summed E-state index contributed by atoms with van der Waals surface area (Å²) in [5, 5.41) is 5.52. The van der Waals surface area contributed by atoms with Crippen molar-refractivity contribution in [2.45, 2.75) is 45.4 Å². The van der Waals surface area contributed by atoms with Crippen LogP contribution in [0.1, 0.15) is 52.4 Å². The first-order valence-corrected chi connectivity index (χ1v) is 11.7. The van der Waals surface area contributed by atoms with Crippen LogP contribution in [0.3, 0.4) is 0 Å². The lowest BCUT2D eigenvalue weighted by Crippen LogP contribution is -2.64. The standard InChI is InChI=1S/C26H27F2N5O3/c1-3-11-33-24(35)22-21(23(34)29-14-18-5-4-6-20(28)12-18)31-16-32(22)15-26(33,2)25(36)30-13-17-7-9-19(27)10-8-17/h4-10,12,16H,3,11,13-15H2,1-2H3,(H,29,34)(H,30,36)/t26-/m0/s1. The number of hydrogen-bond acceptors (Lipinski definition) is 4.